The molecule has 2 saturated heterocycles. The van der Waals surface area contributed by atoms with Crippen molar-refractivity contribution in [3.8, 4) is 6.01 Å². The first-order chi connectivity index (χ1) is 14.5. The standard InChI is InChI=1S/C19H17ClF2N4O4/c20-10-4-12-18(25-17(10)23-5-8-3-9(21)1-2-11(8)22)26-19(24-12)30-14-7-29-15-13(27)6-28-16(14)15/h1-4,13-16,27H,5-7H2,(H2,23,24,25,26)/t13-,14-,15-,16-/m1/s1. The van der Waals surface area contributed by atoms with Crippen LogP contribution >= 0.6 is 11.6 Å². The molecule has 8 nitrogen and oxygen atoms in total. The van der Waals surface area contributed by atoms with Gasteiger partial charge in [0.1, 0.15) is 35.8 Å². The average Bonchev–Trinajstić information content (AvgIpc) is 3.39. The molecular weight excluding hydrogens is 422 g/mol. The Bertz CT molecular complexity index is 1100. The number of nitrogens with one attached hydrogen (secondary N) is 2. The zero-order chi connectivity index (χ0) is 20.8. The van der Waals surface area contributed by atoms with Crippen LogP contribution in [0.1, 0.15) is 5.56 Å². The van der Waals surface area contributed by atoms with Crippen LogP contribution in [0, 0.1) is 11.6 Å². The molecule has 30 heavy (non-hydrogen) atoms. The molecule has 0 aliphatic carbocycles. The Balaban J connectivity index is 1.32. The zero-order valence-electron chi connectivity index (χ0n) is 15.4. The number of nitrogens with zero attached hydrogens (tertiary/aromatic N) is 2. The molecule has 3 N–H and O–H groups in total. The van der Waals surface area contributed by atoms with Crippen molar-refractivity contribution in [2.75, 3.05) is 18.5 Å². The molecule has 5 rings (SSSR count). The molecule has 0 amide bonds. The van der Waals surface area contributed by atoms with Crippen LogP contribution in [0.15, 0.2) is 24.3 Å². The molecule has 0 unspecified atom stereocenters. The van der Waals surface area contributed by atoms with Crippen LogP contribution in [-0.4, -0.2) is 57.7 Å². The highest BCUT2D eigenvalue weighted by atomic mass is 35.5. The summed E-state index contributed by atoms with van der Waals surface area (Å²) in [7, 11) is 0. The van der Waals surface area contributed by atoms with Crippen LogP contribution in [0.4, 0.5) is 14.6 Å². The molecule has 158 valence electrons. The molecule has 0 saturated carbocycles. The third-order valence-corrected chi connectivity index (χ3v) is 5.39. The number of ether oxygens (including phenoxy) is 3. The van der Waals surface area contributed by atoms with Gasteiger partial charge in [0.05, 0.1) is 23.8 Å². The summed E-state index contributed by atoms with van der Waals surface area (Å²) in [6.07, 6.45) is -1.87. The molecule has 0 spiro atoms. The van der Waals surface area contributed by atoms with Crippen molar-refractivity contribution in [3.05, 3.63) is 46.5 Å². The van der Waals surface area contributed by atoms with Crippen LogP contribution in [0.25, 0.3) is 11.2 Å². The molecule has 0 bridgehead atoms. The molecular formula is C19H17ClF2N4O4. The third kappa shape index (κ3) is 3.56. The number of fused-ring (bicyclic) bond motifs is 2. The van der Waals surface area contributed by atoms with E-state index in [9.17, 15) is 13.9 Å². The van der Waals surface area contributed by atoms with Gasteiger partial charge in [-0.15, -0.1) is 0 Å². The smallest absolute Gasteiger partial charge is 0.296 e. The third-order valence-electron chi connectivity index (χ3n) is 5.10. The van der Waals surface area contributed by atoms with Gasteiger partial charge in [-0.2, -0.15) is 4.98 Å². The van der Waals surface area contributed by atoms with Crippen molar-refractivity contribution in [2.24, 2.45) is 0 Å². The van der Waals surface area contributed by atoms with Gasteiger partial charge in [-0.1, -0.05) is 11.6 Å². The van der Waals surface area contributed by atoms with E-state index in [1.165, 1.54) is 0 Å². The predicted molar refractivity (Wildman–Crippen MR) is 102 cm³/mol. The minimum atomic E-state index is -0.670. The molecule has 11 heteroatoms. The Morgan fingerprint density at radius 1 is 1.20 bits per heavy atom. The molecule has 2 aliphatic heterocycles. The molecule has 2 fully saturated rings. The second-order valence-corrected chi connectivity index (χ2v) is 7.55. The number of aromatic nitrogens is 3. The van der Waals surface area contributed by atoms with Crippen LogP contribution in [0.3, 0.4) is 0 Å². The van der Waals surface area contributed by atoms with Crippen LogP contribution in [-0.2, 0) is 16.0 Å². The van der Waals surface area contributed by atoms with Crippen molar-refractivity contribution in [2.45, 2.75) is 31.0 Å². The fraction of sp³-hybridized carbons (Fsp3) is 0.368. The number of pyridine rings is 1. The Hall–Kier alpha value is -2.53. The lowest BCUT2D eigenvalue weighted by Crippen LogP contribution is -2.34. The number of imidazole rings is 1. The highest BCUT2D eigenvalue weighted by Crippen LogP contribution is 2.31. The SMILES string of the molecule is O[C@@H]1CO[C@H]2[C@@H]1OC[C@H]2Oc1nc2nc(NCc3cc(F)ccc3F)c(Cl)cc2[nH]1. The summed E-state index contributed by atoms with van der Waals surface area (Å²) in [5.41, 5.74) is 1.02. The molecule has 2 aromatic heterocycles. The number of aliphatic hydroxyl groups excluding tert-OH is 1. The van der Waals surface area contributed by atoms with E-state index in [-0.39, 0.29) is 48.3 Å². The maximum atomic E-state index is 13.8. The molecule has 1 aromatic carbocycles. The summed E-state index contributed by atoms with van der Waals surface area (Å²) < 4.78 is 44.1. The number of benzene rings is 1. The lowest BCUT2D eigenvalue weighted by Gasteiger charge is -2.15. The van der Waals surface area contributed by atoms with E-state index in [0.29, 0.717) is 11.2 Å². The summed E-state index contributed by atoms with van der Waals surface area (Å²) >= 11 is 6.26. The van der Waals surface area contributed by atoms with Crippen molar-refractivity contribution < 1.29 is 28.1 Å². The number of anilines is 1. The number of hydrogen-bond acceptors (Lipinski definition) is 7. The lowest BCUT2D eigenvalue weighted by molar-refractivity contribution is 0.00706. The number of aliphatic hydroxyl groups is 1. The second kappa shape index (κ2) is 7.62. The first kappa shape index (κ1) is 19.4. The molecule has 0 radical (unpaired) electrons. The minimum Gasteiger partial charge on any atom is -0.456 e. The van der Waals surface area contributed by atoms with Gasteiger partial charge in [0.15, 0.2) is 11.8 Å². The monoisotopic (exact) mass is 438 g/mol. The van der Waals surface area contributed by atoms with E-state index >= 15 is 0 Å². The maximum Gasteiger partial charge on any atom is 0.296 e. The summed E-state index contributed by atoms with van der Waals surface area (Å²) in [4.78, 5) is 11.6. The van der Waals surface area contributed by atoms with E-state index in [2.05, 4.69) is 20.3 Å². The molecule has 4 atom stereocenters. The first-order valence-corrected chi connectivity index (χ1v) is 9.68. The molecule has 2 aliphatic rings. The van der Waals surface area contributed by atoms with Gasteiger partial charge in [0.2, 0.25) is 0 Å². The topological polar surface area (TPSA) is 102 Å². The summed E-state index contributed by atoms with van der Waals surface area (Å²) in [6.45, 7) is 0.467. The van der Waals surface area contributed by atoms with Gasteiger partial charge in [-0.25, -0.2) is 13.8 Å². The van der Waals surface area contributed by atoms with Crippen molar-refractivity contribution in [3.63, 3.8) is 0 Å². The van der Waals surface area contributed by atoms with E-state index in [1.54, 1.807) is 6.07 Å². The minimum absolute atomic E-state index is 0.00224. The largest absolute Gasteiger partial charge is 0.456 e. The Morgan fingerprint density at radius 3 is 2.90 bits per heavy atom. The van der Waals surface area contributed by atoms with Gasteiger partial charge in [-0.05, 0) is 24.3 Å². The Morgan fingerprint density at radius 2 is 2.03 bits per heavy atom. The fourth-order valence-electron chi connectivity index (χ4n) is 3.62. The Labute approximate surface area is 174 Å². The number of rotatable bonds is 5. The molecule has 3 aromatic rings. The van der Waals surface area contributed by atoms with Gasteiger partial charge >= 0.3 is 0 Å². The van der Waals surface area contributed by atoms with E-state index in [4.69, 9.17) is 25.8 Å². The van der Waals surface area contributed by atoms with Gasteiger partial charge < -0.3 is 29.6 Å². The lowest BCUT2D eigenvalue weighted by atomic mass is 10.1. The quantitative estimate of drug-likeness (QED) is 0.562. The van der Waals surface area contributed by atoms with E-state index < -0.39 is 29.9 Å². The maximum absolute atomic E-state index is 13.8. The molecule has 4 heterocycles. The van der Waals surface area contributed by atoms with Gasteiger partial charge in [0, 0.05) is 12.1 Å². The van der Waals surface area contributed by atoms with Crippen molar-refractivity contribution >= 4 is 28.6 Å². The first-order valence-electron chi connectivity index (χ1n) is 9.30. The number of H-pyrrole nitrogens is 1. The van der Waals surface area contributed by atoms with E-state index in [0.717, 1.165) is 18.2 Å². The van der Waals surface area contributed by atoms with Crippen molar-refractivity contribution in [1.82, 2.24) is 15.0 Å². The highest BCUT2D eigenvalue weighted by molar-refractivity contribution is 6.33. The normalized spacial score (nSPS) is 25.6. The predicted octanol–water partition coefficient (Wildman–Crippen LogP) is 2.41. The summed E-state index contributed by atoms with van der Waals surface area (Å²) in [5.74, 6) is -0.793. The fourth-order valence-corrected chi connectivity index (χ4v) is 3.84. The average molecular weight is 439 g/mol. The second-order valence-electron chi connectivity index (χ2n) is 7.14. The van der Waals surface area contributed by atoms with E-state index in [1.807, 2.05) is 0 Å². The summed E-state index contributed by atoms with van der Waals surface area (Å²) in [5, 5.41) is 13.0. The number of hydrogen-bond donors (Lipinski definition) is 3. The van der Waals surface area contributed by atoms with Crippen LogP contribution in [0.2, 0.25) is 5.02 Å². The van der Waals surface area contributed by atoms with Crippen LogP contribution in [0.5, 0.6) is 6.01 Å². The summed E-state index contributed by atoms with van der Waals surface area (Å²) in [6, 6.07) is 5.04. The van der Waals surface area contributed by atoms with Crippen LogP contribution < -0.4 is 10.1 Å². The van der Waals surface area contributed by atoms with Gasteiger partial charge in [0.25, 0.3) is 6.01 Å². The Kier molecular flexibility index (Phi) is 4.94. The number of halogens is 3. The zero-order valence-corrected chi connectivity index (χ0v) is 16.2. The van der Waals surface area contributed by atoms with Crippen molar-refractivity contribution in [1.29, 1.82) is 0 Å². The number of aromatic amines is 1. The highest BCUT2D eigenvalue weighted by Gasteiger charge is 2.48. The van der Waals surface area contributed by atoms with Gasteiger partial charge in [-0.3, -0.25) is 0 Å².